The summed E-state index contributed by atoms with van der Waals surface area (Å²) in [5, 5.41) is 0. The molecular weight excluding hydrogens is 116 g/mol. The molecule has 0 aromatic rings. The van der Waals surface area contributed by atoms with E-state index in [2.05, 4.69) is 6.92 Å². The molecule has 0 rings (SSSR count). The molecule has 0 amide bonds. The fraction of sp³-hybridized carbons (Fsp3) is 0.857. The maximum absolute atomic E-state index is 5.00. The Morgan fingerprint density at radius 2 is 2.11 bits per heavy atom. The Labute approximate surface area is 57.2 Å². The molecule has 0 aliphatic rings. The van der Waals surface area contributed by atoms with E-state index in [0.29, 0.717) is 0 Å². The Kier molecular flexibility index (Phi) is 5.99. The van der Waals surface area contributed by atoms with Gasteiger partial charge in [-0.2, -0.15) is 0 Å². The lowest BCUT2D eigenvalue weighted by atomic mass is 10.5. The summed E-state index contributed by atoms with van der Waals surface area (Å²) in [4.78, 5) is 0. The molecule has 55 valence electrons. The molecule has 1 radical (unpaired) electrons. The van der Waals surface area contributed by atoms with Crippen molar-refractivity contribution in [2.24, 2.45) is 0 Å². The van der Waals surface area contributed by atoms with Crippen molar-refractivity contribution in [3.8, 4) is 0 Å². The fourth-order valence-corrected chi connectivity index (χ4v) is 0.316. The highest BCUT2D eigenvalue weighted by Gasteiger charge is 1.91. The third kappa shape index (κ3) is 7.92. The third-order valence-corrected chi connectivity index (χ3v) is 0.718. The smallest absolute Gasteiger partial charge is 0.209 e. The lowest BCUT2D eigenvalue weighted by molar-refractivity contribution is -0.00739. The molecule has 0 bridgehead atoms. The van der Waals surface area contributed by atoms with E-state index in [9.17, 15) is 0 Å². The van der Waals surface area contributed by atoms with Crippen LogP contribution in [0, 0.1) is 6.79 Å². The molecule has 0 aromatic carbocycles. The van der Waals surface area contributed by atoms with E-state index in [0.717, 1.165) is 13.0 Å². The molecule has 0 N–H and O–H groups in total. The van der Waals surface area contributed by atoms with E-state index in [1.807, 2.05) is 13.8 Å². The van der Waals surface area contributed by atoms with Crippen LogP contribution in [-0.4, -0.2) is 12.7 Å². The quantitative estimate of drug-likeness (QED) is 0.531. The van der Waals surface area contributed by atoms with Gasteiger partial charge in [-0.3, -0.25) is 0 Å². The van der Waals surface area contributed by atoms with Crippen LogP contribution in [0.3, 0.4) is 0 Å². The molecule has 0 unspecified atom stereocenters. The van der Waals surface area contributed by atoms with Crippen molar-refractivity contribution in [1.82, 2.24) is 0 Å². The van der Waals surface area contributed by atoms with Crippen LogP contribution in [-0.2, 0) is 9.47 Å². The lowest BCUT2D eigenvalue weighted by Gasteiger charge is -2.05. The highest BCUT2D eigenvalue weighted by molar-refractivity contribution is 4.37. The Morgan fingerprint density at radius 1 is 1.44 bits per heavy atom. The number of hydrogen-bond acceptors (Lipinski definition) is 2. The lowest BCUT2D eigenvalue weighted by Crippen LogP contribution is -2.02. The van der Waals surface area contributed by atoms with Crippen LogP contribution in [0.25, 0.3) is 0 Å². The third-order valence-electron chi connectivity index (χ3n) is 0.718. The first-order chi connectivity index (χ1) is 4.27. The molecule has 0 saturated carbocycles. The summed E-state index contributed by atoms with van der Waals surface area (Å²) in [5.74, 6) is 0. The van der Waals surface area contributed by atoms with Gasteiger partial charge in [0, 0.05) is 6.61 Å². The Bertz CT molecular complexity index is 52.9. The summed E-state index contributed by atoms with van der Waals surface area (Å²) < 4.78 is 9.94. The van der Waals surface area contributed by atoms with Gasteiger partial charge < -0.3 is 9.47 Å². The second-order valence-corrected chi connectivity index (χ2v) is 2.15. The maximum atomic E-state index is 5.00. The topological polar surface area (TPSA) is 18.5 Å². The van der Waals surface area contributed by atoms with E-state index >= 15 is 0 Å². The first-order valence-electron chi connectivity index (χ1n) is 3.36. The van der Waals surface area contributed by atoms with Gasteiger partial charge in [0.25, 0.3) is 0 Å². The summed E-state index contributed by atoms with van der Waals surface area (Å²) in [6.07, 6.45) is 1.25. The fourth-order valence-electron chi connectivity index (χ4n) is 0.316. The van der Waals surface area contributed by atoms with Crippen LogP contribution in [0.1, 0.15) is 27.2 Å². The van der Waals surface area contributed by atoms with Gasteiger partial charge in [0.1, 0.15) is 0 Å². The molecule has 0 fully saturated rings. The van der Waals surface area contributed by atoms with E-state index < -0.39 is 0 Å². The maximum Gasteiger partial charge on any atom is 0.209 e. The number of rotatable bonds is 5. The van der Waals surface area contributed by atoms with Crippen molar-refractivity contribution in [3.05, 3.63) is 6.79 Å². The van der Waals surface area contributed by atoms with Crippen LogP contribution < -0.4 is 0 Å². The predicted molar refractivity (Wildman–Crippen MR) is 36.8 cm³/mol. The minimum atomic E-state index is 0.224. The zero-order chi connectivity index (χ0) is 7.11. The summed E-state index contributed by atoms with van der Waals surface area (Å²) in [6.45, 7) is 8.14. The molecule has 0 saturated heterocycles. The van der Waals surface area contributed by atoms with Gasteiger partial charge in [-0.25, -0.2) is 0 Å². The van der Waals surface area contributed by atoms with Gasteiger partial charge in [-0.1, -0.05) is 6.92 Å². The van der Waals surface area contributed by atoms with Gasteiger partial charge in [0.05, 0.1) is 6.10 Å². The molecule has 9 heavy (non-hydrogen) atoms. The van der Waals surface area contributed by atoms with Gasteiger partial charge in [-0.15, -0.1) is 0 Å². The first kappa shape index (κ1) is 8.92. The molecule has 0 aliphatic heterocycles. The van der Waals surface area contributed by atoms with Crippen LogP contribution in [0.2, 0.25) is 0 Å². The minimum Gasteiger partial charge on any atom is -0.348 e. The van der Waals surface area contributed by atoms with Crippen molar-refractivity contribution in [2.75, 3.05) is 6.61 Å². The molecule has 0 heterocycles. The number of ether oxygens (including phenoxy) is 2. The Morgan fingerprint density at radius 3 is 2.56 bits per heavy atom. The number of hydrogen-bond donors (Lipinski definition) is 0. The zero-order valence-corrected chi connectivity index (χ0v) is 6.39. The molecular formula is C7H15O2. The first-order valence-corrected chi connectivity index (χ1v) is 3.36. The summed E-state index contributed by atoms with van der Waals surface area (Å²) >= 11 is 0. The standard InChI is InChI=1S/C7H15O2/c1-4-5-8-6-9-7(2)3/h6-7H,4-5H2,1-3H3. The Hall–Kier alpha value is -0.0800. The van der Waals surface area contributed by atoms with Crippen molar-refractivity contribution in [1.29, 1.82) is 0 Å². The minimum absolute atomic E-state index is 0.224. The largest absolute Gasteiger partial charge is 0.348 e. The van der Waals surface area contributed by atoms with E-state index in [1.165, 1.54) is 6.79 Å². The molecule has 0 aromatic heterocycles. The van der Waals surface area contributed by atoms with E-state index in [1.54, 1.807) is 0 Å². The second kappa shape index (κ2) is 6.05. The molecule has 0 aliphatic carbocycles. The average Bonchev–Trinajstić information content (AvgIpc) is 1.80. The summed E-state index contributed by atoms with van der Waals surface area (Å²) in [7, 11) is 0. The van der Waals surface area contributed by atoms with Gasteiger partial charge in [0.15, 0.2) is 0 Å². The summed E-state index contributed by atoms with van der Waals surface area (Å²) in [5.41, 5.74) is 0. The zero-order valence-electron chi connectivity index (χ0n) is 6.39. The van der Waals surface area contributed by atoms with Crippen molar-refractivity contribution >= 4 is 0 Å². The predicted octanol–water partition coefficient (Wildman–Crippen LogP) is 1.96. The van der Waals surface area contributed by atoms with Crippen molar-refractivity contribution in [3.63, 3.8) is 0 Å². The highest BCUT2D eigenvalue weighted by atomic mass is 16.7. The van der Waals surface area contributed by atoms with E-state index in [4.69, 9.17) is 9.47 Å². The normalized spacial score (nSPS) is 10.7. The van der Waals surface area contributed by atoms with Gasteiger partial charge >= 0.3 is 0 Å². The van der Waals surface area contributed by atoms with Crippen LogP contribution in [0.5, 0.6) is 0 Å². The van der Waals surface area contributed by atoms with Crippen LogP contribution >= 0.6 is 0 Å². The molecule has 2 nitrogen and oxygen atoms in total. The van der Waals surface area contributed by atoms with Gasteiger partial charge in [0.2, 0.25) is 6.79 Å². The Balaban J connectivity index is 2.75. The summed E-state index contributed by atoms with van der Waals surface area (Å²) in [6, 6.07) is 0. The van der Waals surface area contributed by atoms with Crippen molar-refractivity contribution in [2.45, 2.75) is 33.3 Å². The van der Waals surface area contributed by atoms with Crippen molar-refractivity contribution < 1.29 is 9.47 Å². The average molecular weight is 131 g/mol. The molecule has 0 spiro atoms. The highest BCUT2D eigenvalue weighted by Crippen LogP contribution is 1.92. The van der Waals surface area contributed by atoms with Crippen LogP contribution in [0.4, 0.5) is 0 Å². The monoisotopic (exact) mass is 131 g/mol. The van der Waals surface area contributed by atoms with E-state index in [-0.39, 0.29) is 6.10 Å². The molecule has 2 heteroatoms. The molecule has 0 atom stereocenters. The van der Waals surface area contributed by atoms with Gasteiger partial charge in [-0.05, 0) is 20.3 Å². The van der Waals surface area contributed by atoms with Crippen LogP contribution in [0.15, 0.2) is 0 Å². The SMILES string of the molecule is CCCO[CH]OC(C)C. The second-order valence-electron chi connectivity index (χ2n) is 2.15.